The van der Waals surface area contributed by atoms with Crippen molar-refractivity contribution < 1.29 is 4.74 Å². The summed E-state index contributed by atoms with van der Waals surface area (Å²) in [6, 6.07) is 8.24. The first-order valence-electron chi connectivity index (χ1n) is 6.50. The fourth-order valence-electron chi connectivity index (χ4n) is 3.07. The van der Waals surface area contributed by atoms with E-state index in [9.17, 15) is 0 Å². The van der Waals surface area contributed by atoms with Crippen LogP contribution in [0, 0.1) is 0 Å². The molecule has 1 fully saturated rings. The lowest BCUT2D eigenvalue weighted by atomic mass is 9.91. The van der Waals surface area contributed by atoms with Gasteiger partial charge >= 0.3 is 0 Å². The maximum absolute atomic E-state index is 5.47. The molecule has 3 heteroatoms. The molecule has 0 atom stereocenters. The fraction of sp³-hybridized carbons (Fsp3) is 0.600. The van der Waals surface area contributed by atoms with Crippen molar-refractivity contribution in [3.63, 3.8) is 0 Å². The molecular formula is C15H24N2O. The van der Waals surface area contributed by atoms with E-state index in [4.69, 9.17) is 4.74 Å². The molecule has 1 saturated heterocycles. The van der Waals surface area contributed by atoms with Gasteiger partial charge in [-0.3, -0.25) is 0 Å². The van der Waals surface area contributed by atoms with E-state index in [0.29, 0.717) is 0 Å². The van der Waals surface area contributed by atoms with Gasteiger partial charge in [0, 0.05) is 24.2 Å². The van der Waals surface area contributed by atoms with Crippen LogP contribution in [0.4, 0.5) is 5.69 Å². The summed E-state index contributed by atoms with van der Waals surface area (Å²) in [5, 5.41) is 3.69. The number of rotatable bonds is 2. The maximum Gasteiger partial charge on any atom is 0.142 e. The van der Waals surface area contributed by atoms with Crippen molar-refractivity contribution in [1.82, 2.24) is 5.32 Å². The summed E-state index contributed by atoms with van der Waals surface area (Å²) in [5.74, 6) is 0.950. The van der Waals surface area contributed by atoms with Crippen molar-refractivity contribution in [3.05, 3.63) is 24.3 Å². The number of ether oxygens (including phenoxy) is 1. The summed E-state index contributed by atoms with van der Waals surface area (Å²) < 4.78 is 5.47. The van der Waals surface area contributed by atoms with Crippen LogP contribution in [0.25, 0.3) is 0 Å². The molecule has 1 heterocycles. The number of nitrogens with zero attached hydrogens (tertiary/aromatic N) is 1. The van der Waals surface area contributed by atoms with Gasteiger partial charge in [0.2, 0.25) is 0 Å². The zero-order chi connectivity index (χ0) is 13.4. The number of methoxy groups -OCH3 is 1. The van der Waals surface area contributed by atoms with E-state index in [1.54, 1.807) is 7.11 Å². The molecule has 2 rings (SSSR count). The summed E-state index contributed by atoms with van der Waals surface area (Å²) in [7, 11) is 1.73. The highest BCUT2D eigenvalue weighted by molar-refractivity contribution is 5.59. The maximum atomic E-state index is 5.47. The standard InChI is InChI=1S/C15H24N2O/c1-14(2)10-17(11-15(3,4)16-14)12-8-6-7-9-13(12)18-5/h6-9,16H,10-11H2,1-5H3. The van der Waals surface area contributed by atoms with Gasteiger partial charge in [-0.25, -0.2) is 0 Å². The minimum absolute atomic E-state index is 0.0998. The molecule has 0 aliphatic carbocycles. The highest BCUT2D eigenvalue weighted by Gasteiger charge is 2.37. The van der Waals surface area contributed by atoms with E-state index in [1.165, 1.54) is 5.69 Å². The SMILES string of the molecule is COc1ccccc1N1CC(C)(C)NC(C)(C)C1. The molecule has 18 heavy (non-hydrogen) atoms. The largest absolute Gasteiger partial charge is 0.495 e. The first kappa shape index (κ1) is 13.2. The molecule has 0 bridgehead atoms. The molecule has 0 saturated carbocycles. The zero-order valence-electron chi connectivity index (χ0n) is 12.1. The van der Waals surface area contributed by atoms with Gasteiger partial charge in [0.15, 0.2) is 0 Å². The van der Waals surface area contributed by atoms with Gasteiger partial charge in [-0.15, -0.1) is 0 Å². The highest BCUT2D eigenvalue weighted by atomic mass is 16.5. The molecule has 0 aromatic heterocycles. The van der Waals surface area contributed by atoms with Crippen molar-refractivity contribution in [2.24, 2.45) is 0 Å². The third kappa shape index (κ3) is 2.78. The molecule has 0 unspecified atom stereocenters. The summed E-state index contributed by atoms with van der Waals surface area (Å²) >= 11 is 0. The van der Waals surface area contributed by atoms with Gasteiger partial charge in [0.05, 0.1) is 12.8 Å². The molecule has 0 amide bonds. The van der Waals surface area contributed by atoms with E-state index in [0.717, 1.165) is 18.8 Å². The van der Waals surface area contributed by atoms with Gasteiger partial charge in [-0.2, -0.15) is 0 Å². The Morgan fingerprint density at radius 2 is 1.61 bits per heavy atom. The number of hydrogen-bond acceptors (Lipinski definition) is 3. The van der Waals surface area contributed by atoms with Crippen LogP contribution in [0.5, 0.6) is 5.75 Å². The quantitative estimate of drug-likeness (QED) is 0.871. The van der Waals surface area contributed by atoms with E-state index in [2.05, 4.69) is 50.0 Å². The van der Waals surface area contributed by atoms with Gasteiger partial charge in [-0.05, 0) is 39.8 Å². The van der Waals surface area contributed by atoms with Gasteiger partial charge in [-0.1, -0.05) is 12.1 Å². The van der Waals surface area contributed by atoms with Crippen LogP contribution in [-0.4, -0.2) is 31.3 Å². The van der Waals surface area contributed by atoms with Crippen LogP contribution in [0.15, 0.2) is 24.3 Å². The first-order chi connectivity index (χ1) is 8.33. The topological polar surface area (TPSA) is 24.5 Å². The van der Waals surface area contributed by atoms with E-state index >= 15 is 0 Å². The predicted molar refractivity (Wildman–Crippen MR) is 76.5 cm³/mol. The molecule has 1 aromatic rings. The molecule has 100 valence electrons. The normalized spacial score (nSPS) is 21.7. The van der Waals surface area contributed by atoms with Crippen LogP contribution >= 0.6 is 0 Å². The fourth-order valence-corrected chi connectivity index (χ4v) is 3.07. The molecule has 1 aliphatic heterocycles. The van der Waals surface area contributed by atoms with Crippen LogP contribution in [0.3, 0.4) is 0 Å². The van der Waals surface area contributed by atoms with E-state index in [-0.39, 0.29) is 11.1 Å². The number of benzene rings is 1. The van der Waals surface area contributed by atoms with Crippen molar-refractivity contribution in [2.45, 2.75) is 38.8 Å². The summed E-state index contributed by atoms with van der Waals surface area (Å²) in [6.45, 7) is 11.0. The van der Waals surface area contributed by atoms with Crippen LogP contribution in [0.1, 0.15) is 27.7 Å². The zero-order valence-corrected chi connectivity index (χ0v) is 12.1. The lowest BCUT2D eigenvalue weighted by molar-refractivity contribution is 0.225. The Labute approximate surface area is 110 Å². The predicted octanol–water partition coefficient (Wildman–Crippen LogP) is 2.66. The Hall–Kier alpha value is -1.22. The van der Waals surface area contributed by atoms with Gasteiger partial charge in [0.1, 0.15) is 5.75 Å². The Kier molecular flexibility index (Phi) is 3.28. The van der Waals surface area contributed by atoms with Gasteiger partial charge < -0.3 is 15.0 Å². The highest BCUT2D eigenvalue weighted by Crippen LogP contribution is 2.32. The Morgan fingerprint density at radius 3 is 2.17 bits per heavy atom. The lowest BCUT2D eigenvalue weighted by Crippen LogP contribution is -2.67. The third-order valence-corrected chi connectivity index (χ3v) is 3.27. The summed E-state index contributed by atoms with van der Waals surface area (Å²) in [4.78, 5) is 2.41. The van der Waals surface area contributed by atoms with Crippen LogP contribution < -0.4 is 15.0 Å². The monoisotopic (exact) mass is 248 g/mol. The molecule has 0 radical (unpaired) electrons. The lowest BCUT2D eigenvalue weighted by Gasteiger charge is -2.49. The Balaban J connectivity index is 2.32. The second kappa shape index (κ2) is 4.47. The molecule has 3 nitrogen and oxygen atoms in total. The minimum Gasteiger partial charge on any atom is -0.495 e. The van der Waals surface area contributed by atoms with Crippen molar-refractivity contribution in [2.75, 3.05) is 25.1 Å². The molecule has 1 aliphatic rings. The Bertz CT molecular complexity index is 410. The van der Waals surface area contributed by atoms with E-state index < -0.39 is 0 Å². The number of para-hydroxylation sites is 2. The third-order valence-electron chi connectivity index (χ3n) is 3.27. The van der Waals surface area contributed by atoms with Crippen LogP contribution in [-0.2, 0) is 0 Å². The molecule has 0 spiro atoms. The summed E-state index contributed by atoms with van der Waals surface area (Å²) in [6.07, 6.45) is 0. The van der Waals surface area contributed by atoms with Crippen molar-refractivity contribution >= 4 is 5.69 Å². The number of nitrogens with one attached hydrogen (secondary N) is 1. The van der Waals surface area contributed by atoms with Crippen molar-refractivity contribution in [1.29, 1.82) is 0 Å². The molecule has 1 aromatic carbocycles. The number of hydrogen-bond donors (Lipinski definition) is 1. The first-order valence-corrected chi connectivity index (χ1v) is 6.50. The Morgan fingerprint density at radius 1 is 1.06 bits per heavy atom. The van der Waals surface area contributed by atoms with E-state index in [1.807, 2.05) is 12.1 Å². The average Bonchev–Trinajstić information content (AvgIpc) is 2.24. The minimum atomic E-state index is 0.0998. The average molecular weight is 248 g/mol. The smallest absolute Gasteiger partial charge is 0.142 e. The molecular weight excluding hydrogens is 224 g/mol. The van der Waals surface area contributed by atoms with Crippen molar-refractivity contribution in [3.8, 4) is 5.75 Å². The van der Waals surface area contributed by atoms with Gasteiger partial charge in [0.25, 0.3) is 0 Å². The van der Waals surface area contributed by atoms with Crippen LogP contribution in [0.2, 0.25) is 0 Å². The summed E-state index contributed by atoms with van der Waals surface area (Å²) in [5.41, 5.74) is 1.38. The molecule has 1 N–H and O–H groups in total. The number of anilines is 1. The second-order valence-corrected chi connectivity index (χ2v) is 6.42. The second-order valence-electron chi connectivity index (χ2n) is 6.42. The number of piperazine rings is 1.